The van der Waals surface area contributed by atoms with Crippen LogP contribution < -0.4 is 15.4 Å². The van der Waals surface area contributed by atoms with E-state index >= 15 is 0 Å². The van der Waals surface area contributed by atoms with Crippen LogP contribution in [0.1, 0.15) is 41.0 Å². The Bertz CT molecular complexity index is 751. The highest BCUT2D eigenvalue weighted by atomic mass is 16.5. The number of carbonyl (C=O) groups is 1. The molecule has 0 spiro atoms. The zero-order valence-electron chi connectivity index (χ0n) is 14.5. The second-order valence-electron chi connectivity index (χ2n) is 6.45. The van der Waals surface area contributed by atoms with E-state index in [4.69, 9.17) is 4.74 Å². The summed E-state index contributed by atoms with van der Waals surface area (Å²) >= 11 is 0. The number of rotatable bonds is 5. The normalized spacial score (nSPS) is 13.5. The van der Waals surface area contributed by atoms with Gasteiger partial charge in [0.25, 0.3) is 0 Å². The largest absolute Gasteiger partial charge is 0.489 e. The summed E-state index contributed by atoms with van der Waals surface area (Å²) in [6.45, 7) is 4.55. The van der Waals surface area contributed by atoms with Gasteiger partial charge in [-0.25, -0.2) is 4.79 Å². The van der Waals surface area contributed by atoms with Crippen LogP contribution in [0.5, 0.6) is 5.75 Å². The standard InChI is InChI=1S/C20H24N2O2/c1-13-4-9-19(14(2)10-13)24-12-17-11-16(15-5-6-15)7-8-18(17)22-20(23)21-3/h4,7-11,15H,5-6,12H2,1-3H3,(H2,21,22,23). The van der Waals surface area contributed by atoms with Gasteiger partial charge in [0.05, 0.1) is 0 Å². The van der Waals surface area contributed by atoms with Crippen molar-refractivity contribution < 1.29 is 9.53 Å². The van der Waals surface area contributed by atoms with Crippen LogP contribution in [0.4, 0.5) is 10.5 Å². The summed E-state index contributed by atoms with van der Waals surface area (Å²) in [4.78, 5) is 11.7. The van der Waals surface area contributed by atoms with Crippen LogP contribution in [0, 0.1) is 13.8 Å². The molecule has 0 radical (unpaired) electrons. The van der Waals surface area contributed by atoms with Crippen molar-refractivity contribution in [2.75, 3.05) is 12.4 Å². The summed E-state index contributed by atoms with van der Waals surface area (Å²) in [5, 5.41) is 5.47. The van der Waals surface area contributed by atoms with Crippen molar-refractivity contribution in [3.05, 3.63) is 58.7 Å². The summed E-state index contributed by atoms with van der Waals surface area (Å²) in [5.74, 6) is 1.54. The highest BCUT2D eigenvalue weighted by molar-refractivity contribution is 5.89. The molecule has 1 aliphatic carbocycles. The number of carbonyl (C=O) groups excluding carboxylic acids is 1. The van der Waals surface area contributed by atoms with Gasteiger partial charge in [-0.1, -0.05) is 29.8 Å². The maximum atomic E-state index is 11.7. The molecule has 0 atom stereocenters. The third-order valence-electron chi connectivity index (χ3n) is 4.37. The monoisotopic (exact) mass is 324 g/mol. The third-order valence-corrected chi connectivity index (χ3v) is 4.37. The highest BCUT2D eigenvalue weighted by Gasteiger charge is 2.24. The fourth-order valence-corrected chi connectivity index (χ4v) is 2.83. The Labute approximate surface area is 143 Å². The van der Waals surface area contributed by atoms with E-state index in [2.05, 4.69) is 35.8 Å². The summed E-state index contributed by atoms with van der Waals surface area (Å²) < 4.78 is 6.02. The molecule has 1 aliphatic rings. The molecular weight excluding hydrogens is 300 g/mol. The van der Waals surface area contributed by atoms with Crippen molar-refractivity contribution in [2.45, 2.75) is 39.2 Å². The topological polar surface area (TPSA) is 50.4 Å². The van der Waals surface area contributed by atoms with Gasteiger partial charge in [-0.15, -0.1) is 0 Å². The zero-order valence-corrected chi connectivity index (χ0v) is 14.5. The number of urea groups is 1. The van der Waals surface area contributed by atoms with Gasteiger partial charge in [0.1, 0.15) is 12.4 Å². The third kappa shape index (κ3) is 3.88. The van der Waals surface area contributed by atoms with Crippen molar-refractivity contribution >= 4 is 11.7 Å². The lowest BCUT2D eigenvalue weighted by Gasteiger charge is -2.15. The van der Waals surface area contributed by atoms with Crippen LogP contribution in [-0.4, -0.2) is 13.1 Å². The average Bonchev–Trinajstić information content (AvgIpc) is 3.40. The molecule has 126 valence electrons. The first-order valence-electron chi connectivity index (χ1n) is 8.38. The van der Waals surface area contributed by atoms with Crippen molar-refractivity contribution in [1.29, 1.82) is 0 Å². The molecule has 4 heteroatoms. The van der Waals surface area contributed by atoms with E-state index in [0.717, 1.165) is 22.6 Å². The molecule has 2 aromatic carbocycles. The van der Waals surface area contributed by atoms with E-state index in [9.17, 15) is 4.79 Å². The van der Waals surface area contributed by atoms with E-state index in [1.807, 2.05) is 25.1 Å². The first-order valence-corrected chi connectivity index (χ1v) is 8.38. The fraction of sp³-hybridized carbons (Fsp3) is 0.350. The lowest BCUT2D eigenvalue weighted by atomic mass is 10.1. The van der Waals surface area contributed by atoms with Crippen LogP contribution in [0.2, 0.25) is 0 Å². The van der Waals surface area contributed by atoms with Crippen molar-refractivity contribution in [3.8, 4) is 5.75 Å². The van der Waals surface area contributed by atoms with E-state index in [1.54, 1.807) is 7.05 Å². The van der Waals surface area contributed by atoms with Crippen molar-refractivity contribution in [2.24, 2.45) is 0 Å². The molecule has 0 aliphatic heterocycles. The van der Waals surface area contributed by atoms with E-state index in [-0.39, 0.29) is 6.03 Å². The first-order chi connectivity index (χ1) is 11.6. The molecule has 3 rings (SSSR count). The molecule has 4 nitrogen and oxygen atoms in total. The molecule has 24 heavy (non-hydrogen) atoms. The molecule has 2 amide bonds. The molecule has 2 N–H and O–H groups in total. The summed E-state index contributed by atoms with van der Waals surface area (Å²) in [6.07, 6.45) is 2.50. The van der Waals surface area contributed by atoms with Gasteiger partial charge in [0.15, 0.2) is 0 Å². The number of hydrogen-bond donors (Lipinski definition) is 2. The number of anilines is 1. The van der Waals surface area contributed by atoms with E-state index in [1.165, 1.54) is 24.0 Å². The van der Waals surface area contributed by atoms with Crippen LogP contribution in [0.25, 0.3) is 0 Å². The Morgan fingerprint density at radius 2 is 1.96 bits per heavy atom. The van der Waals surface area contributed by atoms with Crippen molar-refractivity contribution in [1.82, 2.24) is 5.32 Å². The van der Waals surface area contributed by atoms with Gasteiger partial charge in [-0.05, 0) is 55.9 Å². The smallest absolute Gasteiger partial charge is 0.318 e. The minimum atomic E-state index is -0.220. The quantitative estimate of drug-likeness (QED) is 0.850. The molecule has 2 aromatic rings. The maximum absolute atomic E-state index is 11.7. The Morgan fingerprint density at radius 3 is 2.62 bits per heavy atom. The SMILES string of the molecule is CNC(=O)Nc1ccc(C2CC2)cc1COc1ccc(C)cc1C. The minimum absolute atomic E-state index is 0.220. The summed E-state index contributed by atoms with van der Waals surface area (Å²) in [5.41, 5.74) is 5.47. The van der Waals surface area contributed by atoms with E-state index in [0.29, 0.717) is 12.5 Å². The Kier molecular flexibility index (Phi) is 4.74. The number of nitrogens with one attached hydrogen (secondary N) is 2. The van der Waals surface area contributed by atoms with Crippen LogP contribution in [-0.2, 0) is 6.61 Å². The van der Waals surface area contributed by atoms with Crippen molar-refractivity contribution in [3.63, 3.8) is 0 Å². The molecule has 0 unspecified atom stereocenters. The Morgan fingerprint density at radius 1 is 1.17 bits per heavy atom. The van der Waals surface area contributed by atoms with Gasteiger partial charge < -0.3 is 15.4 Å². The zero-order chi connectivity index (χ0) is 17.1. The maximum Gasteiger partial charge on any atom is 0.318 e. The number of hydrogen-bond acceptors (Lipinski definition) is 2. The fourth-order valence-electron chi connectivity index (χ4n) is 2.83. The highest BCUT2D eigenvalue weighted by Crippen LogP contribution is 2.41. The van der Waals surface area contributed by atoms with Gasteiger partial charge in [0.2, 0.25) is 0 Å². The van der Waals surface area contributed by atoms with Crippen LogP contribution in [0.15, 0.2) is 36.4 Å². The number of aryl methyl sites for hydroxylation is 2. The predicted octanol–water partition coefficient (Wildman–Crippen LogP) is 4.51. The lowest BCUT2D eigenvalue weighted by molar-refractivity contribution is 0.254. The summed E-state index contributed by atoms with van der Waals surface area (Å²) in [7, 11) is 1.61. The number of ether oxygens (including phenoxy) is 1. The van der Waals surface area contributed by atoms with Gasteiger partial charge in [-0.3, -0.25) is 0 Å². The summed E-state index contributed by atoms with van der Waals surface area (Å²) in [6, 6.07) is 12.2. The second-order valence-corrected chi connectivity index (χ2v) is 6.45. The van der Waals surface area contributed by atoms with Gasteiger partial charge >= 0.3 is 6.03 Å². The number of benzene rings is 2. The Hall–Kier alpha value is -2.49. The number of amides is 2. The van der Waals surface area contributed by atoms with Gasteiger partial charge in [-0.2, -0.15) is 0 Å². The molecule has 0 saturated heterocycles. The molecule has 1 fully saturated rings. The molecular formula is C20H24N2O2. The lowest BCUT2D eigenvalue weighted by Crippen LogP contribution is -2.25. The predicted molar refractivity (Wildman–Crippen MR) is 96.7 cm³/mol. The minimum Gasteiger partial charge on any atom is -0.489 e. The molecule has 0 heterocycles. The Balaban J connectivity index is 1.80. The van der Waals surface area contributed by atoms with E-state index < -0.39 is 0 Å². The molecule has 0 aromatic heterocycles. The van der Waals surface area contributed by atoms with Gasteiger partial charge in [0, 0.05) is 18.3 Å². The molecule has 1 saturated carbocycles. The van der Waals surface area contributed by atoms with Crippen LogP contribution in [0.3, 0.4) is 0 Å². The van der Waals surface area contributed by atoms with Crippen LogP contribution >= 0.6 is 0 Å². The second kappa shape index (κ2) is 6.95. The average molecular weight is 324 g/mol. The first kappa shape index (κ1) is 16.4. The molecule has 0 bridgehead atoms.